The number of aromatic nitrogens is 2. The van der Waals surface area contributed by atoms with E-state index in [9.17, 15) is 13.7 Å². The summed E-state index contributed by atoms with van der Waals surface area (Å²) in [6, 6.07) is 9.61. The molecule has 1 aliphatic rings. The van der Waals surface area contributed by atoms with Gasteiger partial charge in [0.15, 0.2) is 5.82 Å². The molecule has 1 fully saturated rings. The summed E-state index contributed by atoms with van der Waals surface area (Å²) in [6.45, 7) is 0.975. The number of nitrogens with one attached hydrogen (secondary N) is 1. The van der Waals surface area contributed by atoms with Crippen molar-refractivity contribution in [3.05, 3.63) is 46.1 Å². The van der Waals surface area contributed by atoms with Crippen LogP contribution in [0.3, 0.4) is 0 Å². The van der Waals surface area contributed by atoms with Crippen LogP contribution in [0.15, 0.2) is 29.3 Å². The maximum absolute atomic E-state index is 11.6. The fourth-order valence-electron chi connectivity index (χ4n) is 3.09. The lowest BCUT2D eigenvalue weighted by Gasteiger charge is -2.28. The molecule has 0 spiro atoms. The highest BCUT2D eigenvalue weighted by atomic mass is 35.5. The molecule has 0 atom stereocenters. The quantitative estimate of drug-likeness (QED) is 0.772. The van der Waals surface area contributed by atoms with E-state index in [1.807, 2.05) is 18.2 Å². The number of piperidine rings is 1. The van der Waals surface area contributed by atoms with Gasteiger partial charge in [0.1, 0.15) is 11.6 Å². The Bertz CT molecular complexity index is 985. The van der Waals surface area contributed by atoms with Gasteiger partial charge in [-0.05, 0) is 36.5 Å². The van der Waals surface area contributed by atoms with Gasteiger partial charge >= 0.3 is 0 Å². The molecule has 1 aliphatic heterocycles. The van der Waals surface area contributed by atoms with Crippen LogP contribution in [0.25, 0.3) is 0 Å². The summed E-state index contributed by atoms with van der Waals surface area (Å²) in [5.41, 5.74) is 2.09. The van der Waals surface area contributed by atoms with Gasteiger partial charge in [0.05, 0.1) is 11.9 Å². The Labute approximate surface area is 163 Å². The van der Waals surface area contributed by atoms with Crippen LogP contribution < -0.4 is 0 Å². The van der Waals surface area contributed by atoms with Crippen molar-refractivity contribution >= 4 is 33.7 Å². The molecule has 3 rings (SSSR count). The number of nitrogens with zero attached hydrogens (tertiary/aromatic N) is 4. The molecule has 1 saturated heterocycles. The van der Waals surface area contributed by atoms with E-state index in [-0.39, 0.29) is 5.92 Å². The van der Waals surface area contributed by atoms with E-state index in [1.165, 1.54) is 10.6 Å². The van der Waals surface area contributed by atoms with Gasteiger partial charge < -0.3 is 0 Å². The van der Waals surface area contributed by atoms with E-state index in [0.717, 1.165) is 5.56 Å². The summed E-state index contributed by atoms with van der Waals surface area (Å²) in [5, 5.41) is 17.2. The van der Waals surface area contributed by atoms with Crippen LogP contribution in [0.4, 0.5) is 5.82 Å². The Morgan fingerprint density at radius 1 is 1.44 bits per heavy atom. The SMILES string of the molecule is CS(=O)(=O)N1CCC(C=Nc2n[nH]c(Cc3cccc(Cl)c3)c2C#N)CC1. The zero-order chi connectivity index (χ0) is 19.4. The van der Waals surface area contributed by atoms with Gasteiger partial charge in [0.2, 0.25) is 10.0 Å². The van der Waals surface area contributed by atoms with E-state index in [4.69, 9.17) is 11.6 Å². The van der Waals surface area contributed by atoms with Gasteiger partial charge in [-0.2, -0.15) is 10.4 Å². The first-order valence-electron chi connectivity index (χ1n) is 8.58. The lowest BCUT2D eigenvalue weighted by atomic mass is 10.00. The Kier molecular flexibility index (Phi) is 5.95. The van der Waals surface area contributed by atoms with Crippen molar-refractivity contribution in [3.8, 4) is 6.07 Å². The molecule has 0 radical (unpaired) electrons. The lowest BCUT2D eigenvalue weighted by Crippen LogP contribution is -2.38. The Hall–Kier alpha value is -2.21. The first-order valence-corrected chi connectivity index (χ1v) is 10.8. The highest BCUT2D eigenvalue weighted by molar-refractivity contribution is 7.88. The summed E-state index contributed by atoms with van der Waals surface area (Å²) in [4.78, 5) is 4.38. The zero-order valence-corrected chi connectivity index (χ0v) is 16.5. The van der Waals surface area contributed by atoms with E-state index in [1.54, 1.807) is 12.3 Å². The first-order chi connectivity index (χ1) is 12.9. The van der Waals surface area contributed by atoms with E-state index < -0.39 is 10.0 Å². The fraction of sp³-hybridized carbons (Fsp3) is 0.389. The largest absolute Gasteiger partial charge is 0.279 e. The van der Waals surface area contributed by atoms with Crippen molar-refractivity contribution in [2.75, 3.05) is 19.3 Å². The Morgan fingerprint density at radius 2 is 2.19 bits per heavy atom. The molecule has 9 heteroatoms. The first kappa shape index (κ1) is 19.5. The molecule has 2 heterocycles. The lowest BCUT2D eigenvalue weighted by molar-refractivity contribution is 0.320. The van der Waals surface area contributed by atoms with Crippen LogP contribution in [0, 0.1) is 17.2 Å². The Balaban J connectivity index is 1.69. The van der Waals surface area contributed by atoms with Crippen molar-refractivity contribution in [1.29, 1.82) is 5.26 Å². The van der Waals surface area contributed by atoms with Crippen LogP contribution in [0.5, 0.6) is 0 Å². The second kappa shape index (κ2) is 8.21. The van der Waals surface area contributed by atoms with Crippen molar-refractivity contribution in [3.63, 3.8) is 0 Å². The smallest absolute Gasteiger partial charge is 0.211 e. The number of hydrogen-bond donors (Lipinski definition) is 1. The topological polar surface area (TPSA) is 102 Å². The van der Waals surface area contributed by atoms with Gasteiger partial charge in [-0.25, -0.2) is 17.7 Å². The van der Waals surface area contributed by atoms with Crippen LogP contribution >= 0.6 is 11.6 Å². The molecular formula is C18H20ClN5O2S. The summed E-state index contributed by atoms with van der Waals surface area (Å²) in [6.07, 6.45) is 4.93. The third-order valence-electron chi connectivity index (χ3n) is 4.58. The van der Waals surface area contributed by atoms with E-state index >= 15 is 0 Å². The van der Waals surface area contributed by atoms with Crippen molar-refractivity contribution < 1.29 is 8.42 Å². The summed E-state index contributed by atoms with van der Waals surface area (Å²) in [5.74, 6) is 0.530. The summed E-state index contributed by atoms with van der Waals surface area (Å²) in [7, 11) is -3.14. The summed E-state index contributed by atoms with van der Waals surface area (Å²) >= 11 is 6.01. The number of aromatic amines is 1. The number of H-pyrrole nitrogens is 1. The minimum atomic E-state index is -3.14. The van der Waals surface area contributed by atoms with Gasteiger partial charge in [0, 0.05) is 30.7 Å². The molecule has 142 valence electrons. The second-order valence-electron chi connectivity index (χ2n) is 6.60. The fourth-order valence-corrected chi connectivity index (χ4v) is 4.18. The molecule has 1 aromatic heterocycles. The third kappa shape index (κ3) is 4.95. The van der Waals surface area contributed by atoms with Crippen molar-refractivity contribution in [2.24, 2.45) is 10.9 Å². The number of hydrogen-bond acceptors (Lipinski definition) is 5. The standard InChI is InChI=1S/C18H20ClN5O2S/c1-27(25,26)24-7-5-13(6-8-24)12-21-18-16(11-20)17(22-23-18)10-14-3-2-4-15(19)9-14/h2-4,9,12-13H,5-8,10H2,1H3,(H,22,23). The van der Waals surface area contributed by atoms with Gasteiger partial charge in [-0.15, -0.1) is 0 Å². The Morgan fingerprint density at radius 3 is 2.81 bits per heavy atom. The molecule has 1 aromatic carbocycles. The summed E-state index contributed by atoms with van der Waals surface area (Å²) < 4.78 is 24.6. The van der Waals surface area contributed by atoms with Gasteiger partial charge in [-0.1, -0.05) is 23.7 Å². The van der Waals surface area contributed by atoms with Crippen LogP contribution in [0.2, 0.25) is 5.02 Å². The zero-order valence-electron chi connectivity index (χ0n) is 14.9. The molecule has 1 N–H and O–H groups in total. The average molecular weight is 406 g/mol. The van der Waals surface area contributed by atoms with Gasteiger partial charge in [-0.3, -0.25) is 5.10 Å². The normalized spacial score (nSPS) is 16.6. The van der Waals surface area contributed by atoms with Crippen LogP contribution in [-0.4, -0.2) is 48.5 Å². The van der Waals surface area contributed by atoms with Gasteiger partial charge in [0.25, 0.3) is 0 Å². The van der Waals surface area contributed by atoms with Crippen molar-refractivity contribution in [1.82, 2.24) is 14.5 Å². The number of nitriles is 1. The van der Waals surface area contributed by atoms with E-state index in [0.29, 0.717) is 54.4 Å². The number of benzene rings is 1. The maximum Gasteiger partial charge on any atom is 0.211 e. The molecule has 0 aliphatic carbocycles. The van der Waals surface area contributed by atoms with Crippen LogP contribution in [0.1, 0.15) is 29.7 Å². The molecular weight excluding hydrogens is 386 g/mol. The monoisotopic (exact) mass is 405 g/mol. The third-order valence-corrected chi connectivity index (χ3v) is 6.12. The minimum absolute atomic E-state index is 0.169. The minimum Gasteiger partial charge on any atom is -0.279 e. The second-order valence-corrected chi connectivity index (χ2v) is 9.02. The molecule has 2 aromatic rings. The van der Waals surface area contributed by atoms with Crippen LogP contribution in [-0.2, 0) is 16.4 Å². The van der Waals surface area contributed by atoms with E-state index in [2.05, 4.69) is 21.3 Å². The molecule has 27 heavy (non-hydrogen) atoms. The molecule has 7 nitrogen and oxygen atoms in total. The highest BCUT2D eigenvalue weighted by Gasteiger charge is 2.24. The predicted molar refractivity (Wildman–Crippen MR) is 105 cm³/mol. The average Bonchev–Trinajstić information content (AvgIpc) is 3.01. The van der Waals surface area contributed by atoms with Crippen molar-refractivity contribution in [2.45, 2.75) is 19.3 Å². The molecule has 0 bridgehead atoms. The molecule has 0 saturated carbocycles. The molecule has 0 unspecified atom stereocenters. The number of halogens is 1. The predicted octanol–water partition coefficient (Wildman–Crippen LogP) is 2.90. The highest BCUT2D eigenvalue weighted by Crippen LogP contribution is 2.24. The number of rotatable bonds is 5. The molecule has 0 amide bonds. The number of aliphatic imine (C=N–C) groups is 1. The number of sulfonamides is 1. The maximum atomic E-state index is 11.6.